The molecule has 1 aliphatic rings. The van der Waals surface area contributed by atoms with Crippen molar-refractivity contribution in [3.63, 3.8) is 0 Å². The van der Waals surface area contributed by atoms with Crippen LogP contribution >= 0.6 is 15.9 Å². The molecular formula is C9H13BrN4. The van der Waals surface area contributed by atoms with E-state index >= 15 is 0 Å². The van der Waals surface area contributed by atoms with Gasteiger partial charge in [0.15, 0.2) is 0 Å². The highest BCUT2D eigenvalue weighted by Gasteiger charge is 2.18. The van der Waals surface area contributed by atoms with Gasteiger partial charge in [-0.05, 0) is 15.9 Å². The highest BCUT2D eigenvalue weighted by atomic mass is 79.9. The molecule has 0 spiro atoms. The minimum atomic E-state index is 0.755. The van der Waals surface area contributed by atoms with Crippen LogP contribution in [0.2, 0.25) is 0 Å². The highest BCUT2D eigenvalue weighted by molar-refractivity contribution is 9.10. The lowest BCUT2D eigenvalue weighted by Crippen LogP contribution is -2.47. The summed E-state index contributed by atoms with van der Waals surface area (Å²) in [4.78, 5) is 10.6. The molecule has 0 saturated carbocycles. The Balaban J connectivity index is 1.95. The molecule has 0 radical (unpaired) electrons. The summed E-state index contributed by atoms with van der Waals surface area (Å²) in [7, 11) is 2.05. The van der Waals surface area contributed by atoms with Gasteiger partial charge in [0.1, 0.15) is 10.4 Å². The van der Waals surface area contributed by atoms with Gasteiger partial charge in [-0.25, -0.2) is 9.97 Å². The Hall–Kier alpha value is -0.680. The number of hydrogen-bond acceptors (Lipinski definition) is 4. The van der Waals surface area contributed by atoms with Crippen molar-refractivity contribution in [1.82, 2.24) is 15.3 Å². The predicted molar refractivity (Wildman–Crippen MR) is 59.4 cm³/mol. The van der Waals surface area contributed by atoms with Gasteiger partial charge in [-0.3, -0.25) is 0 Å². The topological polar surface area (TPSA) is 41.0 Å². The fourth-order valence-electron chi connectivity index (χ4n) is 1.46. The number of aromatic nitrogens is 2. The summed E-state index contributed by atoms with van der Waals surface area (Å²) in [6, 6.07) is 0. The number of rotatable bonds is 3. The van der Waals surface area contributed by atoms with Gasteiger partial charge in [0, 0.05) is 32.6 Å². The van der Waals surface area contributed by atoms with Gasteiger partial charge in [-0.2, -0.15) is 0 Å². The van der Waals surface area contributed by atoms with Crippen LogP contribution in [-0.2, 0) is 0 Å². The van der Waals surface area contributed by atoms with Crippen LogP contribution in [0.5, 0.6) is 0 Å². The summed E-state index contributed by atoms with van der Waals surface area (Å²) < 4.78 is 0.778. The Morgan fingerprint density at radius 1 is 1.50 bits per heavy atom. The molecule has 0 bridgehead atoms. The third-order valence-corrected chi connectivity index (χ3v) is 2.81. The normalized spacial score (nSPS) is 16.4. The lowest BCUT2D eigenvalue weighted by atomic mass is 10.0. The summed E-state index contributed by atoms with van der Waals surface area (Å²) in [6.07, 6.45) is 3.51. The second-order valence-corrected chi connectivity index (χ2v) is 4.41. The Morgan fingerprint density at radius 3 is 2.79 bits per heavy atom. The van der Waals surface area contributed by atoms with Gasteiger partial charge in [-0.1, -0.05) is 0 Å². The second-order valence-electron chi connectivity index (χ2n) is 3.60. The van der Waals surface area contributed by atoms with Crippen LogP contribution in [0.25, 0.3) is 0 Å². The lowest BCUT2D eigenvalue weighted by Gasteiger charge is -2.31. The van der Waals surface area contributed by atoms with E-state index in [2.05, 4.69) is 43.2 Å². The third kappa shape index (κ3) is 2.22. The Morgan fingerprint density at radius 2 is 2.29 bits per heavy atom. The van der Waals surface area contributed by atoms with Crippen LogP contribution in [0.15, 0.2) is 17.0 Å². The van der Waals surface area contributed by atoms with E-state index in [4.69, 9.17) is 0 Å². The molecular weight excluding hydrogens is 244 g/mol. The number of halogens is 1. The van der Waals surface area contributed by atoms with E-state index in [0.29, 0.717) is 0 Å². The zero-order valence-corrected chi connectivity index (χ0v) is 9.66. The van der Waals surface area contributed by atoms with E-state index in [0.717, 1.165) is 36.0 Å². The van der Waals surface area contributed by atoms with E-state index < -0.39 is 0 Å². The Labute approximate surface area is 91.9 Å². The fourth-order valence-corrected chi connectivity index (χ4v) is 1.67. The zero-order valence-electron chi connectivity index (χ0n) is 8.07. The first-order valence-electron chi connectivity index (χ1n) is 4.65. The molecule has 0 atom stereocenters. The fraction of sp³-hybridized carbons (Fsp3) is 0.556. The van der Waals surface area contributed by atoms with Crippen LogP contribution in [0.3, 0.4) is 0 Å². The molecule has 2 heterocycles. The van der Waals surface area contributed by atoms with Gasteiger partial charge in [0.05, 0.1) is 12.4 Å². The van der Waals surface area contributed by atoms with Gasteiger partial charge in [0.25, 0.3) is 0 Å². The van der Waals surface area contributed by atoms with Crippen molar-refractivity contribution in [2.45, 2.75) is 0 Å². The third-order valence-electron chi connectivity index (χ3n) is 2.40. The first-order chi connectivity index (χ1) is 6.75. The minimum Gasteiger partial charge on any atom is -0.358 e. The highest BCUT2D eigenvalue weighted by Crippen LogP contribution is 2.13. The standard InChI is InChI=1S/C9H13BrN4/c1-14(6-7-2-11-3-7)9-5-12-8(10)4-13-9/h4-5,7,11H,2-3,6H2,1H3. The predicted octanol–water partition coefficient (Wildman–Crippen LogP) is 0.895. The van der Waals surface area contributed by atoms with Crippen LogP contribution in [-0.4, -0.2) is 36.6 Å². The summed E-state index contributed by atoms with van der Waals surface area (Å²) in [5.74, 6) is 1.69. The van der Waals surface area contributed by atoms with Crippen molar-refractivity contribution in [2.24, 2.45) is 5.92 Å². The molecule has 1 saturated heterocycles. The average molecular weight is 257 g/mol. The molecule has 1 aromatic heterocycles. The molecule has 76 valence electrons. The van der Waals surface area contributed by atoms with Gasteiger partial charge < -0.3 is 10.2 Å². The van der Waals surface area contributed by atoms with E-state index in [1.807, 2.05) is 0 Å². The molecule has 0 unspecified atom stereocenters. The van der Waals surface area contributed by atoms with E-state index in [-0.39, 0.29) is 0 Å². The molecule has 1 fully saturated rings. The van der Waals surface area contributed by atoms with Crippen molar-refractivity contribution >= 4 is 21.7 Å². The van der Waals surface area contributed by atoms with Crippen molar-refractivity contribution in [1.29, 1.82) is 0 Å². The van der Waals surface area contributed by atoms with Crippen molar-refractivity contribution in [2.75, 3.05) is 31.6 Å². The smallest absolute Gasteiger partial charge is 0.146 e. The molecule has 0 amide bonds. The van der Waals surface area contributed by atoms with Crippen LogP contribution in [0, 0.1) is 5.92 Å². The molecule has 1 N–H and O–H groups in total. The second kappa shape index (κ2) is 4.23. The van der Waals surface area contributed by atoms with Crippen molar-refractivity contribution in [3.8, 4) is 0 Å². The Bertz CT molecular complexity index is 296. The summed E-state index contributed by atoms with van der Waals surface area (Å²) >= 11 is 3.27. The lowest BCUT2D eigenvalue weighted by molar-refractivity contribution is 0.352. The van der Waals surface area contributed by atoms with Gasteiger partial charge in [0.2, 0.25) is 0 Å². The molecule has 0 aromatic carbocycles. The van der Waals surface area contributed by atoms with Crippen LogP contribution in [0.4, 0.5) is 5.82 Å². The van der Waals surface area contributed by atoms with Gasteiger partial charge >= 0.3 is 0 Å². The number of anilines is 1. The molecule has 1 aromatic rings. The first kappa shape index (κ1) is 9.86. The summed E-state index contributed by atoms with van der Waals surface area (Å²) in [5, 5.41) is 3.26. The van der Waals surface area contributed by atoms with Gasteiger partial charge in [-0.15, -0.1) is 0 Å². The van der Waals surface area contributed by atoms with Crippen molar-refractivity contribution in [3.05, 3.63) is 17.0 Å². The minimum absolute atomic E-state index is 0.755. The quantitative estimate of drug-likeness (QED) is 0.873. The average Bonchev–Trinajstić information content (AvgIpc) is 2.12. The van der Waals surface area contributed by atoms with E-state index in [9.17, 15) is 0 Å². The monoisotopic (exact) mass is 256 g/mol. The SMILES string of the molecule is CN(CC1CNC1)c1cnc(Br)cn1. The van der Waals surface area contributed by atoms with E-state index in [1.165, 1.54) is 0 Å². The van der Waals surface area contributed by atoms with Crippen LogP contribution in [0.1, 0.15) is 0 Å². The number of nitrogens with one attached hydrogen (secondary N) is 1. The molecule has 1 aliphatic heterocycles. The van der Waals surface area contributed by atoms with E-state index in [1.54, 1.807) is 12.4 Å². The molecule has 4 nitrogen and oxygen atoms in total. The maximum Gasteiger partial charge on any atom is 0.146 e. The molecule has 0 aliphatic carbocycles. The molecule has 2 rings (SSSR count). The Kier molecular flexibility index (Phi) is 2.98. The summed E-state index contributed by atoms with van der Waals surface area (Å²) in [6.45, 7) is 3.28. The number of hydrogen-bond donors (Lipinski definition) is 1. The first-order valence-corrected chi connectivity index (χ1v) is 5.44. The maximum absolute atomic E-state index is 4.29. The van der Waals surface area contributed by atoms with Crippen molar-refractivity contribution < 1.29 is 0 Å². The largest absolute Gasteiger partial charge is 0.358 e. The maximum atomic E-state index is 4.29. The number of nitrogens with zero attached hydrogens (tertiary/aromatic N) is 3. The zero-order chi connectivity index (χ0) is 9.97. The molecule has 14 heavy (non-hydrogen) atoms. The van der Waals surface area contributed by atoms with Crippen LogP contribution < -0.4 is 10.2 Å². The molecule has 5 heteroatoms. The summed E-state index contributed by atoms with van der Waals surface area (Å²) in [5.41, 5.74) is 0.